The van der Waals surface area contributed by atoms with Gasteiger partial charge < -0.3 is 9.47 Å². The summed E-state index contributed by atoms with van der Waals surface area (Å²) in [4.78, 5) is 19.8. The third kappa shape index (κ3) is 5.54. The number of nitrogens with zero attached hydrogens (tertiary/aromatic N) is 2. The van der Waals surface area contributed by atoms with Crippen molar-refractivity contribution in [2.45, 2.75) is 20.5 Å². The van der Waals surface area contributed by atoms with Gasteiger partial charge in [-0.1, -0.05) is 66.2 Å². The highest BCUT2D eigenvalue weighted by Crippen LogP contribution is 2.35. The average Bonchev–Trinajstić information content (AvgIpc) is 3.17. The molecule has 1 amide bonds. The minimum atomic E-state index is -0.0786. The number of hydrogen-bond acceptors (Lipinski definition) is 5. The standard InChI is InChI=1S/C31H28N2O3S/c1-4-35-28-18-22(14-17-27(28)36-20-24-10-7-9-23-8-5-6-11-26(23)24)19-29-30(34)33(3)31(37-29)32-25-15-12-21(2)13-16-25/h5-19H,4,20H2,1-3H3/b29-19+,32-31?. The molecule has 1 aliphatic heterocycles. The Morgan fingerprint density at radius 3 is 2.51 bits per heavy atom. The van der Waals surface area contributed by atoms with Gasteiger partial charge in [0.1, 0.15) is 6.61 Å². The molecule has 4 aromatic carbocycles. The van der Waals surface area contributed by atoms with Crippen molar-refractivity contribution >= 4 is 45.4 Å². The maximum absolute atomic E-state index is 12.9. The van der Waals surface area contributed by atoms with E-state index in [0.717, 1.165) is 16.8 Å². The molecule has 0 aromatic heterocycles. The van der Waals surface area contributed by atoms with E-state index in [1.54, 1.807) is 11.9 Å². The molecule has 186 valence electrons. The minimum Gasteiger partial charge on any atom is -0.490 e. The van der Waals surface area contributed by atoms with Gasteiger partial charge in [-0.05, 0) is 77.9 Å². The number of aryl methyl sites for hydroxylation is 1. The Morgan fingerprint density at radius 1 is 0.919 bits per heavy atom. The van der Waals surface area contributed by atoms with Crippen LogP contribution < -0.4 is 9.47 Å². The molecule has 5 rings (SSSR count). The van der Waals surface area contributed by atoms with Gasteiger partial charge in [0.25, 0.3) is 5.91 Å². The number of ether oxygens (including phenoxy) is 2. The van der Waals surface area contributed by atoms with Crippen LogP contribution in [-0.2, 0) is 11.4 Å². The molecule has 5 nitrogen and oxygen atoms in total. The van der Waals surface area contributed by atoms with E-state index in [4.69, 9.17) is 9.47 Å². The maximum Gasteiger partial charge on any atom is 0.266 e. The Hall–Kier alpha value is -4.03. The Bertz CT molecular complexity index is 1500. The zero-order valence-electron chi connectivity index (χ0n) is 21.1. The lowest BCUT2D eigenvalue weighted by atomic mass is 10.1. The first-order valence-electron chi connectivity index (χ1n) is 12.2. The Kier molecular flexibility index (Phi) is 7.28. The molecule has 4 aromatic rings. The molecule has 0 N–H and O–H groups in total. The molecule has 37 heavy (non-hydrogen) atoms. The van der Waals surface area contributed by atoms with Crippen LogP contribution in [0.2, 0.25) is 0 Å². The summed E-state index contributed by atoms with van der Waals surface area (Å²) in [7, 11) is 1.75. The molecule has 0 unspecified atom stereocenters. The van der Waals surface area contributed by atoms with Crippen LogP contribution in [0.5, 0.6) is 11.5 Å². The van der Waals surface area contributed by atoms with Gasteiger partial charge in [-0.15, -0.1) is 0 Å². The summed E-state index contributed by atoms with van der Waals surface area (Å²) in [6.07, 6.45) is 1.87. The van der Waals surface area contributed by atoms with E-state index in [1.165, 1.54) is 28.1 Å². The summed E-state index contributed by atoms with van der Waals surface area (Å²) >= 11 is 1.37. The lowest BCUT2D eigenvalue weighted by Crippen LogP contribution is -2.23. The number of rotatable bonds is 7. The van der Waals surface area contributed by atoms with Crippen LogP contribution in [0.3, 0.4) is 0 Å². The van der Waals surface area contributed by atoms with Gasteiger partial charge in [0.2, 0.25) is 0 Å². The number of carbonyl (C=O) groups is 1. The summed E-state index contributed by atoms with van der Waals surface area (Å²) in [6.45, 7) is 4.92. The van der Waals surface area contributed by atoms with Gasteiger partial charge in [-0.2, -0.15) is 0 Å². The highest BCUT2D eigenvalue weighted by Gasteiger charge is 2.30. The molecule has 1 saturated heterocycles. The molecule has 1 heterocycles. The Labute approximate surface area is 221 Å². The molecule has 0 saturated carbocycles. The normalized spacial score (nSPS) is 15.6. The lowest BCUT2D eigenvalue weighted by molar-refractivity contribution is -0.121. The monoisotopic (exact) mass is 508 g/mol. The van der Waals surface area contributed by atoms with Crippen molar-refractivity contribution in [3.63, 3.8) is 0 Å². The molecule has 0 bridgehead atoms. The van der Waals surface area contributed by atoms with E-state index in [0.29, 0.717) is 34.8 Å². The zero-order chi connectivity index (χ0) is 25.8. The number of fused-ring (bicyclic) bond motifs is 1. The smallest absolute Gasteiger partial charge is 0.266 e. The number of thioether (sulfide) groups is 1. The number of amides is 1. The van der Waals surface area contributed by atoms with Crippen LogP contribution in [0.1, 0.15) is 23.6 Å². The predicted octanol–water partition coefficient (Wildman–Crippen LogP) is 7.36. The number of carbonyl (C=O) groups excluding carboxylic acids is 1. The van der Waals surface area contributed by atoms with E-state index < -0.39 is 0 Å². The van der Waals surface area contributed by atoms with Crippen LogP contribution in [0.25, 0.3) is 16.8 Å². The molecule has 0 atom stereocenters. The van der Waals surface area contributed by atoms with Crippen LogP contribution in [0, 0.1) is 6.92 Å². The number of benzene rings is 4. The molecule has 1 fully saturated rings. The van der Waals surface area contributed by atoms with Crippen molar-refractivity contribution in [1.82, 2.24) is 4.90 Å². The Morgan fingerprint density at radius 2 is 1.70 bits per heavy atom. The summed E-state index contributed by atoms with van der Waals surface area (Å²) in [5.41, 5.74) is 3.97. The molecule has 0 radical (unpaired) electrons. The van der Waals surface area contributed by atoms with Crippen LogP contribution >= 0.6 is 11.8 Å². The second-order valence-corrected chi connectivity index (χ2v) is 9.78. The van der Waals surface area contributed by atoms with Crippen molar-refractivity contribution < 1.29 is 14.3 Å². The highest BCUT2D eigenvalue weighted by molar-refractivity contribution is 8.18. The molecular weight excluding hydrogens is 480 g/mol. The van der Waals surface area contributed by atoms with Gasteiger partial charge in [0.05, 0.1) is 17.2 Å². The van der Waals surface area contributed by atoms with Gasteiger partial charge in [0, 0.05) is 7.05 Å². The quantitative estimate of drug-likeness (QED) is 0.245. The molecule has 6 heteroatoms. The van der Waals surface area contributed by atoms with Crippen molar-refractivity contribution in [1.29, 1.82) is 0 Å². The minimum absolute atomic E-state index is 0.0786. The number of likely N-dealkylation sites (N-methyl/N-ethyl adjacent to an activating group) is 1. The summed E-state index contributed by atoms with van der Waals surface area (Å²) in [5.74, 6) is 1.24. The van der Waals surface area contributed by atoms with E-state index in [1.807, 2.05) is 80.6 Å². The summed E-state index contributed by atoms with van der Waals surface area (Å²) < 4.78 is 12.1. The first-order valence-corrected chi connectivity index (χ1v) is 13.0. The van der Waals surface area contributed by atoms with Crippen LogP contribution in [0.4, 0.5) is 5.69 Å². The zero-order valence-corrected chi connectivity index (χ0v) is 21.9. The first-order chi connectivity index (χ1) is 18.0. The molecule has 0 spiro atoms. The predicted molar refractivity (Wildman–Crippen MR) is 153 cm³/mol. The van der Waals surface area contributed by atoms with Gasteiger partial charge in [-0.25, -0.2) is 4.99 Å². The van der Waals surface area contributed by atoms with Crippen molar-refractivity contribution in [3.05, 3.63) is 107 Å². The number of amidine groups is 1. The van der Waals surface area contributed by atoms with Crippen LogP contribution in [0.15, 0.2) is 94.8 Å². The highest BCUT2D eigenvalue weighted by atomic mass is 32.2. The number of hydrogen-bond donors (Lipinski definition) is 0. The van der Waals surface area contributed by atoms with E-state index in [9.17, 15) is 4.79 Å². The van der Waals surface area contributed by atoms with E-state index >= 15 is 0 Å². The summed E-state index contributed by atoms with van der Waals surface area (Å²) in [6, 6.07) is 28.2. The Balaban J connectivity index is 1.36. The van der Waals surface area contributed by atoms with Crippen molar-refractivity contribution in [3.8, 4) is 11.5 Å². The van der Waals surface area contributed by atoms with E-state index in [-0.39, 0.29) is 5.91 Å². The maximum atomic E-state index is 12.9. The third-order valence-corrected chi connectivity index (χ3v) is 7.15. The number of aliphatic imine (C=N–C) groups is 1. The van der Waals surface area contributed by atoms with E-state index in [2.05, 4.69) is 29.3 Å². The van der Waals surface area contributed by atoms with Crippen LogP contribution in [-0.4, -0.2) is 29.6 Å². The average molecular weight is 509 g/mol. The van der Waals surface area contributed by atoms with Gasteiger partial charge in [0.15, 0.2) is 16.7 Å². The summed E-state index contributed by atoms with van der Waals surface area (Å²) in [5, 5.41) is 3.01. The topological polar surface area (TPSA) is 51.1 Å². The molecular formula is C31H28N2O3S. The second-order valence-electron chi connectivity index (χ2n) is 8.77. The largest absolute Gasteiger partial charge is 0.490 e. The van der Waals surface area contributed by atoms with Gasteiger partial charge in [-0.3, -0.25) is 9.69 Å². The molecule has 1 aliphatic rings. The lowest BCUT2D eigenvalue weighted by Gasteiger charge is -2.14. The SMILES string of the molecule is CCOc1cc(/C=C2/SC(=Nc3ccc(C)cc3)N(C)C2=O)ccc1OCc1cccc2ccccc12. The third-order valence-electron chi connectivity index (χ3n) is 6.09. The second kappa shape index (κ2) is 10.9. The molecule has 0 aliphatic carbocycles. The first kappa shape index (κ1) is 24.7. The van der Waals surface area contributed by atoms with Crippen molar-refractivity contribution in [2.75, 3.05) is 13.7 Å². The van der Waals surface area contributed by atoms with Crippen molar-refractivity contribution in [2.24, 2.45) is 4.99 Å². The fourth-order valence-corrected chi connectivity index (χ4v) is 5.10. The fourth-order valence-electron chi connectivity index (χ4n) is 4.11. The van der Waals surface area contributed by atoms with Gasteiger partial charge >= 0.3 is 0 Å². The fraction of sp³-hybridized carbons (Fsp3) is 0.161.